The first-order valence-corrected chi connectivity index (χ1v) is 8.51. The third kappa shape index (κ3) is 2.14. The van der Waals surface area contributed by atoms with Crippen LogP contribution in [-0.2, 0) is 11.3 Å². The second-order valence-electron chi connectivity index (χ2n) is 6.55. The van der Waals surface area contributed by atoms with Crippen molar-refractivity contribution in [1.29, 1.82) is 0 Å². The summed E-state index contributed by atoms with van der Waals surface area (Å²) < 4.78 is 7.03. The van der Waals surface area contributed by atoms with Crippen molar-refractivity contribution in [2.45, 2.75) is 31.8 Å². The first-order chi connectivity index (χ1) is 10.2. The van der Waals surface area contributed by atoms with E-state index in [9.17, 15) is 4.79 Å². The SMILES string of the molecule is COCCn1ncc(NC2C3C4CCC(C4)C23)c(Br)c1=O. The van der Waals surface area contributed by atoms with Crippen molar-refractivity contribution in [3.63, 3.8) is 0 Å². The molecular formula is C15H20BrN3O2. The highest BCUT2D eigenvalue weighted by Gasteiger charge is 2.65. The quantitative estimate of drug-likeness (QED) is 0.880. The summed E-state index contributed by atoms with van der Waals surface area (Å²) >= 11 is 3.43. The molecule has 0 aliphatic heterocycles. The highest BCUT2D eigenvalue weighted by molar-refractivity contribution is 9.10. The number of ether oxygens (including phenoxy) is 1. The van der Waals surface area contributed by atoms with Crippen molar-refractivity contribution < 1.29 is 4.74 Å². The van der Waals surface area contributed by atoms with Crippen LogP contribution in [0.15, 0.2) is 15.5 Å². The molecule has 1 aromatic rings. The van der Waals surface area contributed by atoms with Crippen LogP contribution in [0.5, 0.6) is 0 Å². The van der Waals surface area contributed by atoms with Gasteiger partial charge >= 0.3 is 0 Å². The van der Waals surface area contributed by atoms with Crippen molar-refractivity contribution in [3.05, 3.63) is 21.0 Å². The van der Waals surface area contributed by atoms with E-state index >= 15 is 0 Å². The molecule has 0 saturated heterocycles. The maximum Gasteiger partial charge on any atom is 0.283 e. The van der Waals surface area contributed by atoms with Crippen LogP contribution in [0.2, 0.25) is 0 Å². The van der Waals surface area contributed by atoms with Crippen LogP contribution < -0.4 is 10.9 Å². The smallest absolute Gasteiger partial charge is 0.283 e. The summed E-state index contributed by atoms with van der Waals surface area (Å²) in [5.41, 5.74) is 0.748. The minimum Gasteiger partial charge on any atom is -0.383 e. The van der Waals surface area contributed by atoms with E-state index in [2.05, 4.69) is 26.3 Å². The zero-order valence-corrected chi connectivity index (χ0v) is 13.7. The summed E-state index contributed by atoms with van der Waals surface area (Å²) in [6.07, 6.45) is 6.01. The van der Waals surface area contributed by atoms with Crippen LogP contribution in [0, 0.1) is 23.7 Å². The summed E-state index contributed by atoms with van der Waals surface area (Å²) in [5.74, 6) is 3.52. The van der Waals surface area contributed by atoms with E-state index in [0.717, 1.165) is 29.4 Å². The minimum absolute atomic E-state index is 0.0918. The minimum atomic E-state index is -0.0918. The number of rotatable bonds is 5. The molecule has 3 fully saturated rings. The molecule has 0 aromatic carbocycles. The third-order valence-corrected chi connectivity index (χ3v) is 6.32. The Balaban J connectivity index is 1.49. The molecule has 3 saturated carbocycles. The number of aromatic nitrogens is 2. The first-order valence-electron chi connectivity index (χ1n) is 7.72. The van der Waals surface area contributed by atoms with Gasteiger partial charge in [0.25, 0.3) is 5.56 Å². The van der Waals surface area contributed by atoms with Crippen molar-refractivity contribution in [2.75, 3.05) is 19.0 Å². The fourth-order valence-corrected chi connectivity index (χ4v) is 5.02. The molecule has 1 N–H and O–H groups in total. The molecule has 1 heterocycles. The van der Waals surface area contributed by atoms with Gasteiger partial charge in [0.15, 0.2) is 0 Å². The number of methoxy groups -OCH3 is 1. The molecule has 5 nitrogen and oxygen atoms in total. The zero-order chi connectivity index (χ0) is 14.6. The normalized spacial score (nSPS) is 35.8. The average molecular weight is 354 g/mol. The predicted molar refractivity (Wildman–Crippen MR) is 83.3 cm³/mol. The number of hydrogen-bond donors (Lipinski definition) is 1. The maximum atomic E-state index is 12.2. The standard InChI is InChI=1S/C15H20BrN3O2/c1-21-5-4-19-15(20)13(16)10(7-17-19)18-14-11-8-2-3-9(6-8)12(11)14/h7-9,11-12,14,18H,2-6H2,1H3. The Bertz CT molecular complexity index is 601. The van der Waals surface area contributed by atoms with Crippen LogP contribution >= 0.6 is 15.9 Å². The van der Waals surface area contributed by atoms with Gasteiger partial charge in [0.05, 0.1) is 25.0 Å². The van der Waals surface area contributed by atoms with E-state index in [-0.39, 0.29) is 5.56 Å². The van der Waals surface area contributed by atoms with Gasteiger partial charge in [-0.3, -0.25) is 4.79 Å². The molecule has 3 aliphatic rings. The van der Waals surface area contributed by atoms with Gasteiger partial charge in [-0.15, -0.1) is 0 Å². The van der Waals surface area contributed by atoms with E-state index in [1.54, 1.807) is 13.3 Å². The van der Waals surface area contributed by atoms with Gasteiger partial charge < -0.3 is 10.1 Å². The first kappa shape index (κ1) is 13.8. The van der Waals surface area contributed by atoms with E-state index in [1.807, 2.05) is 0 Å². The lowest BCUT2D eigenvalue weighted by atomic mass is 10.0. The van der Waals surface area contributed by atoms with Crippen LogP contribution in [0.1, 0.15) is 19.3 Å². The van der Waals surface area contributed by atoms with Crippen LogP contribution in [0.4, 0.5) is 5.69 Å². The molecule has 114 valence electrons. The van der Waals surface area contributed by atoms with E-state index in [4.69, 9.17) is 4.74 Å². The molecule has 4 rings (SSSR count). The number of nitrogens with one attached hydrogen (secondary N) is 1. The largest absolute Gasteiger partial charge is 0.383 e. The second-order valence-corrected chi connectivity index (χ2v) is 7.34. The predicted octanol–water partition coefficient (Wildman–Crippen LogP) is 2.11. The lowest BCUT2D eigenvalue weighted by molar-refractivity contribution is 0.181. The van der Waals surface area contributed by atoms with Gasteiger partial charge in [-0.1, -0.05) is 0 Å². The third-order valence-electron chi connectivity index (χ3n) is 5.55. The lowest BCUT2D eigenvalue weighted by Gasteiger charge is -2.13. The van der Waals surface area contributed by atoms with Gasteiger partial charge in [-0.25, -0.2) is 4.68 Å². The monoisotopic (exact) mass is 353 g/mol. The highest BCUT2D eigenvalue weighted by atomic mass is 79.9. The van der Waals surface area contributed by atoms with Gasteiger partial charge in [0.2, 0.25) is 0 Å². The Morgan fingerprint density at radius 1 is 1.43 bits per heavy atom. The number of fused-ring (bicyclic) bond motifs is 5. The van der Waals surface area contributed by atoms with Gasteiger partial charge in [0, 0.05) is 13.2 Å². The Kier molecular flexibility index (Phi) is 3.34. The zero-order valence-electron chi connectivity index (χ0n) is 12.1. The molecule has 0 radical (unpaired) electrons. The summed E-state index contributed by atoms with van der Waals surface area (Å²) in [6.45, 7) is 0.968. The van der Waals surface area contributed by atoms with E-state index in [0.29, 0.717) is 23.7 Å². The van der Waals surface area contributed by atoms with E-state index < -0.39 is 0 Å². The van der Waals surface area contributed by atoms with Crippen molar-refractivity contribution in [2.24, 2.45) is 23.7 Å². The maximum absolute atomic E-state index is 12.2. The molecule has 0 spiro atoms. The number of hydrogen-bond acceptors (Lipinski definition) is 4. The Hall–Kier alpha value is -0.880. The van der Waals surface area contributed by atoms with Gasteiger partial charge in [0.1, 0.15) is 4.47 Å². The molecule has 4 atom stereocenters. The summed E-state index contributed by atoms with van der Waals surface area (Å²) in [4.78, 5) is 12.2. The van der Waals surface area contributed by atoms with Gasteiger partial charge in [-0.2, -0.15) is 5.10 Å². The molecule has 0 amide bonds. The molecule has 4 unspecified atom stereocenters. The van der Waals surface area contributed by atoms with Crippen molar-refractivity contribution in [3.8, 4) is 0 Å². The summed E-state index contributed by atoms with van der Waals surface area (Å²) in [7, 11) is 1.62. The van der Waals surface area contributed by atoms with E-state index in [1.165, 1.54) is 23.9 Å². The molecule has 1 aromatic heterocycles. The molecule has 21 heavy (non-hydrogen) atoms. The van der Waals surface area contributed by atoms with Crippen molar-refractivity contribution in [1.82, 2.24) is 9.78 Å². The second kappa shape index (κ2) is 5.09. The Labute approximate surface area is 132 Å². The molecule has 2 bridgehead atoms. The Morgan fingerprint density at radius 3 is 2.81 bits per heavy atom. The number of nitrogens with zero attached hydrogens (tertiary/aromatic N) is 2. The van der Waals surface area contributed by atoms with Crippen molar-refractivity contribution >= 4 is 21.6 Å². The number of halogens is 1. The van der Waals surface area contributed by atoms with Gasteiger partial charge in [-0.05, 0) is 58.9 Å². The van der Waals surface area contributed by atoms with Crippen LogP contribution in [-0.4, -0.2) is 29.5 Å². The summed E-state index contributed by atoms with van der Waals surface area (Å²) in [5, 5.41) is 7.79. The van der Waals surface area contributed by atoms with Crippen LogP contribution in [0.3, 0.4) is 0 Å². The molecule has 3 aliphatic carbocycles. The average Bonchev–Trinajstić information content (AvgIpc) is 2.87. The summed E-state index contributed by atoms with van der Waals surface area (Å²) in [6, 6.07) is 0.559. The topological polar surface area (TPSA) is 56.1 Å². The van der Waals surface area contributed by atoms with Crippen LogP contribution in [0.25, 0.3) is 0 Å². The fourth-order valence-electron chi connectivity index (χ4n) is 4.60. The molecule has 6 heteroatoms. The highest BCUT2D eigenvalue weighted by Crippen LogP contribution is 2.66. The Morgan fingerprint density at radius 2 is 2.14 bits per heavy atom. The fraction of sp³-hybridized carbons (Fsp3) is 0.733. The molecular weight excluding hydrogens is 334 g/mol. The lowest BCUT2D eigenvalue weighted by Crippen LogP contribution is -2.27. The number of anilines is 1.